The zero-order valence-corrected chi connectivity index (χ0v) is 16.9. The molecule has 0 unspecified atom stereocenters. The number of amides is 1. The monoisotopic (exact) mass is 380 g/mol. The second kappa shape index (κ2) is 7.54. The molecular formula is C22H25FN4O. The number of benzene rings is 2. The van der Waals surface area contributed by atoms with Crippen LogP contribution in [0.1, 0.15) is 26.3 Å². The van der Waals surface area contributed by atoms with Crippen LogP contribution in [0, 0.1) is 11.2 Å². The molecule has 3 rings (SSSR count). The van der Waals surface area contributed by atoms with E-state index >= 15 is 0 Å². The smallest absolute Gasteiger partial charge is 0.227 e. The van der Waals surface area contributed by atoms with E-state index in [1.54, 1.807) is 24.1 Å². The van der Waals surface area contributed by atoms with Gasteiger partial charge in [-0.05, 0) is 35.4 Å². The van der Waals surface area contributed by atoms with E-state index in [1.807, 2.05) is 46.0 Å². The SMILES string of the molecule is CNc1ncnc2ccc(-c3ccc(F)c(CN(C)C(=O)C(C)(C)C)c3)cc12. The lowest BCUT2D eigenvalue weighted by Gasteiger charge is -2.26. The number of aromatic nitrogens is 2. The molecule has 28 heavy (non-hydrogen) atoms. The Morgan fingerprint density at radius 3 is 2.46 bits per heavy atom. The summed E-state index contributed by atoms with van der Waals surface area (Å²) < 4.78 is 14.4. The van der Waals surface area contributed by atoms with Crippen molar-refractivity contribution in [3.63, 3.8) is 0 Å². The summed E-state index contributed by atoms with van der Waals surface area (Å²) in [5.74, 6) is 0.390. The fraction of sp³-hybridized carbons (Fsp3) is 0.318. The van der Waals surface area contributed by atoms with Gasteiger partial charge in [0, 0.05) is 37.0 Å². The van der Waals surface area contributed by atoms with E-state index in [2.05, 4.69) is 15.3 Å². The predicted octanol–water partition coefficient (Wildman–Crippen LogP) is 4.48. The van der Waals surface area contributed by atoms with Crippen molar-refractivity contribution in [3.8, 4) is 11.1 Å². The molecule has 0 aliphatic carbocycles. The predicted molar refractivity (Wildman–Crippen MR) is 110 cm³/mol. The molecule has 0 aliphatic heterocycles. The second-order valence-corrected chi connectivity index (χ2v) is 7.92. The molecule has 2 aromatic carbocycles. The molecule has 3 aromatic rings. The van der Waals surface area contributed by atoms with Gasteiger partial charge in [-0.2, -0.15) is 0 Å². The van der Waals surface area contributed by atoms with Crippen molar-refractivity contribution < 1.29 is 9.18 Å². The molecule has 1 heterocycles. The summed E-state index contributed by atoms with van der Waals surface area (Å²) in [5, 5.41) is 3.96. The first-order valence-electron chi connectivity index (χ1n) is 9.17. The minimum absolute atomic E-state index is 0.0289. The number of nitrogens with one attached hydrogen (secondary N) is 1. The average molecular weight is 380 g/mol. The van der Waals surface area contributed by atoms with Gasteiger partial charge in [-0.25, -0.2) is 14.4 Å². The molecule has 146 valence electrons. The van der Waals surface area contributed by atoms with Crippen LogP contribution in [0.4, 0.5) is 10.2 Å². The lowest BCUT2D eigenvalue weighted by atomic mass is 9.94. The van der Waals surface area contributed by atoms with Crippen molar-refractivity contribution in [2.24, 2.45) is 5.41 Å². The molecule has 0 aliphatic rings. The lowest BCUT2D eigenvalue weighted by Crippen LogP contribution is -2.36. The number of fused-ring (bicyclic) bond motifs is 1. The zero-order valence-electron chi connectivity index (χ0n) is 16.9. The van der Waals surface area contributed by atoms with E-state index < -0.39 is 5.41 Å². The summed E-state index contributed by atoms with van der Waals surface area (Å²) in [6.07, 6.45) is 1.52. The number of anilines is 1. The summed E-state index contributed by atoms with van der Waals surface area (Å²) >= 11 is 0. The Bertz CT molecular complexity index is 1030. The minimum Gasteiger partial charge on any atom is -0.373 e. The van der Waals surface area contributed by atoms with E-state index in [0.717, 1.165) is 27.8 Å². The van der Waals surface area contributed by atoms with Gasteiger partial charge in [-0.15, -0.1) is 0 Å². The number of hydrogen-bond acceptors (Lipinski definition) is 4. The van der Waals surface area contributed by atoms with Gasteiger partial charge in [0.05, 0.1) is 5.52 Å². The first-order chi connectivity index (χ1) is 13.2. The normalized spacial score (nSPS) is 11.5. The molecule has 0 radical (unpaired) electrons. The van der Waals surface area contributed by atoms with Crippen molar-refractivity contribution in [1.29, 1.82) is 0 Å². The van der Waals surface area contributed by atoms with Gasteiger partial charge in [0.1, 0.15) is 18.0 Å². The van der Waals surface area contributed by atoms with E-state index in [0.29, 0.717) is 5.56 Å². The Morgan fingerprint density at radius 2 is 1.79 bits per heavy atom. The third kappa shape index (κ3) is 3.96. The first kappa shape index (κ1) is 19.7. The highest BCUT2D eigenvalue weighted by Gasteiger charge is 2.25. The van der Waals surface area contributed by atoms with E-state index in [9.17, 15) is 9.18 Å². The Hall–Kier alpha value is -3.02. The van der Waals surface area contributed by atoms with Crippen LogP contribution >= 0.6 is 0 Å². The molecule has 5 nitrogen and oxygen atoms in total. The number of carbonyl (C=O) groups excluding carboxylic acids is 1. The van der Waals surface area contributed by atoms with Crippen LogP contribution in [0.2, 0.25) is 0 Å². The minimum atomic E-state index is -0.509. The molecule has 0 saturated carbocycles. The highest BCUT2D eigenvalue weighted by molar-refractivity contribution is 5.92. The quantitative estimate of drug-likeness (QED) is 0.725. The van der Waals surface area contributed by atoms with Gasteiger partial charge in [0.15, 0.2) is 0 Å². The maximum Gasteiger partial charge on any atom is 0.227 e. The largest absolute Gasteiger partial charge is 0.373 e. The number of halogens is 1. The fourth-order valence-corrected chi connectivity index (χ4v) is 3.21. The fourth-order valence-electron chi connectivity index (χ4n) is 3.21. The molecule has 1 N–H and O–H groups in total. The van der Waals surface area contributed by atoms with Crippen molar-refractivity contribution in [1.82, 2.24) is 14.9 Å². The lowest BCUT2D eigenvalue weighted by molar-refractivity contribution is -0.138. The number of nitrogens with zero attached hydrogens (tertiary/aromatic N) is 3. The van der Waals surface area contributed by atoms with Crippen molar-refractivity contribution in [2.75, 3.05) is 19.4 Å². The highest BCUT2D eigenvalue weighted by atomic mass is 19.1. The van der Waals surface area contributed by atoms with Crippen molar-refractivity contribution in [3.05, 3.63) is 54.1 Å². The van der Waals surface area contributed by atoms with Crippen molar-refractivity contribution in [2.45, 2.75) is 27.3 Å². The summed E-state index contributed by atoms with van der Waals surface area (Å²) in [7, 11) is 3.51. The molecule has 0 atom stereocenters. The van der Waals surface area contributed by atoms with Crippen molar-refractivity contribution >= 4 is 22.6 Å². The van der Waals surface area contributed by atoms with E-state index in [1.165, 1.54) is 12.4 Å². The molecule has 0 bridgehead atoms. The molecular weight excluding hydrogens is 355 g/mol. The van der Waals surface area contributed by atoms with Crippen LogP contribution in [0.5, 0.6) is 0 Å². The van der Waals surface area contributed by atoms with E-state index in [4.69, 9.17) is 0 Å². The van der Waals surface area contributed by atoms with Crippen LogP contribution in [0.15, 0.2) is 42.7 Å². The summed E-state index contributed by atoms with van der Waals surface area (Å²) in [6.45, 7) is 5.79. The molecule has 1 amide bonds. The van der Waals surface area contributed by atoms with Gasteiger partial charge in [-0.1, -0.05) is 32.9 Å². The zero-order chi connectivity index (χ0) is 20.5. The standard InChI is InChI=1S/C22H25FN4O/c1-22(2,3)21(28)27(5)12-16-10-14(6-8-18(16)23)15-7-9-19-17(11-15)20(24-4)26-13-25-19/h6-11,13H,12H2,1-5H3,(H,24,25,26). The van der Waals surface area contributed by atoms with Gasteiger partial charge in [-0.3, -0.25) is 4.79 Å². The number of rotatable bonds is 4. The van der Waals surface area contributed by atoms with Crippen LogP contribution in [0.25, 0.3) is 22.0 Å². The average Bonchev–Trinajstić information content (AvgIpc) is 2.67. The van der Waals surface area contributed by atoms with E-state index in [-0.39, 0.29) is 18.3 Å². The Balaban J connectivity index is 1.97. The topological polar surface area (TPSA) is 58.1 Å². The molecule has 1 aromatic heterocycles. The molecule has 0 fully saturated rings. The number of hydrogen-bond donors (Lipinski definition) is 1. The number of carbonyl (C=O) groups is 1. The van der Waals surface area contributed by atoms with Crippen LogP contribution in [0.3, 0.4) is 0 Å². The van der Waals surface area contributed by atoms with Crippen LogP contribution in [-0.4, -0.2) is 34.9 Å². The van der Waals surface area contributed by atoms with Crippen LogP contribution < -0.4 is 5.32 Å². The molecule has 0 spiro atoms. The second-order valence-electron chi connectivity index (χ2n) is 7.92. The third-order valence-corrected chi connectivity index (χ3v) is 4.65. The molecule has 0 saturated heterocycles. The first-order valence-corrected chi connectivity index (χ1v) is 9.17. The van der Waals surface area contributed by atoms with Gasteiger partial charge < -0.3 is 10.2 Å². The Kier molecular flexibility index (Phi) is 5.31. The van der Waals surface area contributed by atoms with Gasteiger partial charge in [0.25, 0.3) is 0 Å². The maximum atomic E-state index is 14.4. The van der Waals surface area contributed by atoms with Crippen LogP contribution in [-0.2, 0) is 11.3 Å². The summed E-state index contributed by atoms with van der Waals surface area (Å²) in [5.41, 5.74) is 2.62. The van der Waals surface area contributed by atoms with Gasteiger partial charge >= 0.3 is 0 Å². The third-order valence-electron chi connectivity index (χ3n) is 4.65. The highest BCUT2D eigenvalue weighted by Crippen LogP contribution is 2.28. The Labute approximate surface area is 164 Å². The maximum absolute atomic E-state index is 14.4. The summed E-state index contributed by atoms with van der Waals surface area (Å²) in [6, 6.07) is 10.9. The van der Waals surface area contributed by atoms with Gasteiger partial charge in [0.2, 0.25) is 5.91 Å². The Morgan fingerprint density at radius 1 is 1.11 bits per heavy atom. The summed E-state index contributed by atoms with van der Waals surface area (Å²) in [4.78, 5) is 22.5. The molecule has 6 heteroatoms.